The quantitative estimate of drug-likeness (QED) is 0.633. The first-order valence-electron chi connectivity index (χ1n) is 10.6. The first-order chi connectivity index (χ1) is 15.0. The van der Waals surface area contributed by atoms with Gasteiger partial charge in [0.15, 0.2) is 12.4 Å². The number of rotatable bonds is 5. The third kappa shape index (κ3) is 4.85. The number of carbonyl (C=O) groups excluding carboxylic acids is 1. The van der Waals surface area contributed by atoms with Crippen molar-refractivity contribution >= 4 is 11.7 Å². The fourth-order valence-electron chi connectivity index (χ4n) is 3.82. The number of hydrogen-bond donors (Lipinski definition) is 0. The summed E-state index contributed by atoms with van der Waals surface area (Å²) in [6.07, 6.45) is 0. The van der Waals surface area contributed by atoms with Gasteiger partial charge in [-0.2, -0.15) is 0 Å². The maximum atomic E-state index is 12.7. The van der Waals surface area contributed by atoms with Crippen molar-refractivity contribution in [3.63, 3.8) is 0 Å². The highest BCUT2D eigenvalue weighted by molar-refractivity contribution is 5.78. The van der Waals surface area contributed by atoms with Gasteiger partial charge in [-0.25, -0.2) is 0 Å². The van der Waals surface area contributed by atoms with Crippen LogP contribution in [0.1, 0.15) is 16.7 Å². The van der Waals surface area contributed by atoms with Crippen LogP contribution in [-0.4, -0.2) is 53.8 Å². The lowest BCUT2D eigenvalue weighted by Crippen LogP contribution is -2.50. The Balaban J connectivity index is 1.31. The summed E-state index contributed by atoms with van der Waals surface area (Å²) in [5, 5.41) is 8.77. The summed E-state index contributed by atoms with van der Waals surface area (Å²) in [6.45, 7) is 8.95. The molecule has 1 amide bonds. The van der Waals surface area contributed by atoms with Gasteiger partial charge >= 0.3 is 0 Å². The van der Waals surface area contributed by atoms with E-state index < -0.39 is 0 Å². The van der Waals surface area contributed by atoms with Crippen LogP contribution in [0, 0.1) is 20.8 Å². The van der Waals surface area contributed by atoms with Gasteiger partial charge in [-0.3, -0.25) is 4.79 Å². The normalized spacial score (nSPS) is 13.9. The number of aromatic nitrogens is 2. The van der Waals surface area contributed by atoms with E-state index in [1.54, 1.807) is 0 Å². The summed E-state index contributed by atoms with van der Waals surface area (Å²) >= 11 is 0. The topological polar surface area (TPSA) is 58.6 Å². The highest BCUT2D eigenvalue weighted by atomic mass is 16.5. The standard InChI is InChI=1S/C25H28N4O2/c1-18-15-19(2)20(3)23(16-18)31-17-25(30)29-13-11-28(12-14-29)24-10-9-22(26-27-24)21-7-5-4-6-8-21/h4-10,15-16H,11-14,17H2,1-3H3. The molecule has 2 heterocycles. The van der Waals surface area contributed by atoms with Crippen molar-refractivity contribution in [1.29, 1.82) is 0 Å². The van der Waals surface area contributed by atoms with Crippen molar-refractivity contribution in [2.75, 3.05) is 37.7 Å². The smallest absolute Gasteiger partial charge is 0.260 e. The maximum Gasteiger partial charge on any atom is 0.260 e. The van der Waals surface area contributed by atoms with Crippen LogP contribution in [-0.2, 0) is 4.79 Å². The first kappa shape index (κ1) is 20.8. The van der Waals surface area contributed by atoms with Crippen LogP contribution in [0.25, 0.3) is 11.3 Å². The Kier molecular flexibility index (Phi) is 6.16. The molecule has 0 saturated carbocycles. The van der Waals surface area contributed by atoms with Gasteiger partial charge in [-0.1, -0.05) is 36.4 Å². The van der Waals surface area contributed by atoms with Crippen molar-refractivity contribution in [3.8, 4) is 17.0 Å². The van der Waals surface area contributed by atoms with Gasteiger partial charge in [0.2, 0.25) is 0 Å². The molecule has 1 aromatic heterocycles. The number of hydrogen-bond acceptors (Lipinski definition) is 5. The lowest BCUT2D eigenvalue weighted by Gasteiger charge is -2.35. The van der Waals surface area contributed by atoms with Gasteiger partial charge < -0.3 is 14.5 Å². The Labute approximate surface area is 183 Å². The number of amides is 1. The van der Waals surface area contributed by atoms with E-state index in [4.69, 9.17) is 4.74 Å². The van der Waals surface area contributed by atoms with E-state index in [1.165, 1.54) is 5.56 Å². The Morgan fingerprint density at radius 2 is 1.68 bits per heavy atom. The summed E-state index contributed by atoms with van der Waals surface area (Å²) in [6, 6.07) is 18.1. The van der Waals surface area contributed by atoms with Crippen LogP contribution in [0.15, 0.2) is 54.6 Å². The van der Waals surface area contributed by atoms with Crippen LogP contribution in [0.3, 0.4) is 0 Å². The summed E-state index contributed by atoms with van der Waals surface area (Å²) in [4.78, 5) is 16.7. The fraction of sp³-hybridized carbons (Fsp3) is 0.320. The Morgan fingerprint density at radius 1 is 0.935 bits per heavy atom. The molecule has 0 radical (unpaired) electrons. The Hall–Kier alpha value is -3.41. The highest BCUT2D eigenvalue weighted by Gasteiger charge is 2.22. The average Bonchev–Trinajstić information content (AvgIpc) is 2.81. The predicted molar refractivity (Wildman–Crippen MR) is 122 cm³/mol. The number of carbonyl (C=O) groups is 1. The number of aryl methyl sites for hydroxylation is 2. The van der Waals surface area contributed by atoms with Crippen LogP contribution >= 0.6 is 0 Å². The molecule has 31 heavy (non-hydrogen) atoms. The summed E-state index contributed by atoms with van der Waals surface area (Å²) < 4.78 is 5.85. The molecule has 0 N–H and O–H groups in total. The van der Waals surface area contributed by atoms with Crippen molar-refractivity contribution < 1.29 is 9.53 Å². The molecular formula is C25H28N4O2. The molecule has 1 aliphatic rings. The largest absolute Gasteiger partial charge is 0.483 e. The molecule has 1 fully saturated rings. The molecule has 160 valence electrons. The molecule has 0 unspecified atom stereocenters. The lowest BCUT2D eigenvalue weighted by molar-refractivity contribution is -0.133. The van der Waals surface area contributed by atoms with Gasteiger partial charge in [0.25, 0.3) is 5.91 Å². The predicted octanol–water partition coefficient (Wildman–Crippen LogP) is 3.80. The zero-order valence-electron chi connectivity index (χ0n) is 18.3. The summed E-state index contributed by atoms with van der Waals surface area (Å²) in [7, 11) is 0. The third-order valence-electron chi connectivity index (χ3n) is 5.79. The molecule has 0 spiro atoms. The van der Waals surface area contributed by atoms with Gasteiger partial charge in [0, 0.05) is 31.7 Å². The van der Waals surface area contributed by atoms with Gasteiger partial charge in [0.05, 0.1) is 5.69 Å². The van der Waals surface area contributed by atoms with Crippen molar-refractivity contribution in [2.24, 2.45) is 0 Å². The second kappa shape index (κ2) is 9.16. The number of piperazine rings is 1. The van der Waals surface area contributed by atoms with E-state index in [1.807, 2.05) is 67.3 Å². The van der Waals surface area contributed by atoms with E-state index in [0.29, 0.717) is 13.1 Å². The molecule has 6 heteroatoms. The zero-order chi connectivity index (χ0) is 21.8. The minimum absolute atomic E-state index is 0.0173. The van der Waals surface area contributed by atoms with Crippen LogP contribution in [0.5, 0.6) is 5.75 Å². The maximum absolute atomic E-state index is 12.7. The van der Waals surface area contributed by atoms with E-state index in [0.717, 1.165) is 47.0 Å². The van der Waals surface area contributed by atoms with Gasteiger partial charge in [-0.15, -0.1) is 10.2 Å². The number of ether oxygens (including phenoxy) is 1. The number of anilines is 1. The van der Waals surface area contributed by atoms with Gasteiger partial charge in [-0.05, 0) is 55.7 Å². The molecule has 2 aromatic carbocycles. The third-order valence-corrected chi connectivity index (χ3v) is 5.79. The number of benzene rings is 2. The zero-order valence-corrected chi connectivity index (χ0v) is 18.3. The van der Waals surface area contributed by atoms with Crippen molar-refractivity contribution in [3.05, 3.63) is 71.3 Å². The molecule has 3 aromatic rings. The molecule has 0 atom stereocenters. The minimum atomic E-state index is 0.0173. The fourth-order valence-corrected chi connectivity index (χ4v) is 3.82. The average molecular weight is 417 g/mol. The monoisotopic (exact) mass is 416 g/mol. The SMILES string of the molecule is Cc1cc(C)c(C)c(OCC(=O)N2CCN(c3ccc(-c4ccccc4)nn3)CC2)c1. The summed E-state index contributed by atoms with van der Waals surface area (Å²) in [5.74, 6) is 1.65. The van der Waals surface area contributed by atoms with Gasteiger partial charge in [0.1, 0.15) is 5.75 Å². The van der Waals surface area contributed by atoms with E-state index in [-0.39, 0.29) is 12.5 Å². The van der Waals surface area contributed by atoms with E-state index in [9.17, 15) is 4.79 Å². The van der Waals surface area contributed by atoms with Crippen LogP contribution in [0.4, 0.5) is 5.82 Å². The molecule has 0 aliphatic carbocycles. The van der Waals surface area contributed by atoms with E-state index in [2.05, 4.69) is 28.1 Å². The van der Waals surface area contributed by atoms with Crippen molar-refractivity contribution in [1.82, 2.24) is 15.1 Å². The Bertz CT molecular complexity index is 1040. The van der Waals surface area contributed by atoms with Crippen molar-refractivity contribution in [2.45, 2.75) is 20.8 Å². The molecular weight excluding hydrogens is 388 g/mol. The first-order valence-corrected chi connectivity index (χ1v) is 10.6. The van der Waals surface area contributed by atoms with Crippen LogP contribution in [0.2, 0.25) is 0 Å². The number of nitrogens with zero attached hydrogens (tertiary/aromatic N) is 4. The highest BCUT2D eigenvalue weighted by Crippen LogP contribution is 2.23. The summed E-state index contributed by atoms with van der Waals surface area (Å²) in [5.41, 5.74) is 5.31. The Morgan fingerprint density at radius 3 is 2.35 bits per heavy atom. The van der Waals surface area contributed by atoms with Crippen LogP contribution < -0.4 is 9.64 Å². The molecule has 1 saturated heterocycles. The minimum Gasteiger partial charge on any atom is -0.483 e. The second-order valence-corrected chi connectivity index (χ2v) is 8.00. The molecule has 4 rings (SSSR count). The molecule has 6 nitrogen and oxygen atoms in total. The second-order valence-electron chi connectivity index (χ2n) is 8.00. The lowest BCUT2D eigenvalue weighted by atomic mass is 10.1. The molecule has 0 bridgehead atoms. The van der Waals surface area contributed by atoms with E-state index >= 15 is 0 Å². The molecule has 1 aliphatic heterocycles.